The second kappa shape index (κ2) is 8.71. The minimum absolute atomic E-state index is 0.120. The van der Waals surface area contributed by atoms with Crippen LogP contribution < -0.4 is 0 Å². The molecule has 0 N–H and O–H groups in total. The third kappa shape index (κ3) is 4.28. The zero-order chi connectivity index (χ0) is 17.5. The highest BCUT2D eigenvalue weighted by Gasteiger charge is 2.32. The summed E-state index contributed by atoms with van der Waals surface area (Å²) < 4.78 is 5.03. The van der Waals surface area contributed by atoms with Gasteiger partial charge in [0.25, 0.3) is 0 Å². The first-order valence-corrected chi connectivity index (χ1v) is 8.83. The molecule has 0 aliphatic carbocycles. The predicted octanol–water partition coefficient (Wildman–Crippen LogP) is 3.12. The van der Waals surface area contributed by atoms with Gasteiger partial charge in [0.2, 0.25) is 5.91 Å². The Hall–Kier alpha value is -2.04. The molecule has 0 spiro atoms. The molecule has 1 aliphatic rings. The number of nitrogens with zero attached hydrogens (tertiary/aromatic N) is 2. The first-order chi connectivity index (χ1) is 11.6. The number of amides is 2. The SMILES string of the molecule is CCOC(=O)N1CCN(C(=O)C(c2ccccc2)C(C)CC)CC1. The van der Waals surface area contributed by atoms with Crippen LogP contribution in [0, 0.1) is 5.92 Å². The van der Waals surface area contributed by atoms with Crippen LogP contribution in [0.3, 0.4) is 0 Å². The molecule has 1 aromatic carbocycles. The van der Waals surface area contributed by atoms with Gasteiger partial charge in [0.05, 0.1) is 12.5 Å². The van der Waals surface area contributed by atoms with Crippen LogP contribution >= 0.6 is 0 Å². The van der Waals surface area contributed by atoms with E-state index in [-0.39, 0.29) is 23.8 Å². The van der Waals surface area contributed by atoms with E-state index in [4.69, 9.17) is 4.74 Å². The summed E-state index contributed by atoms with van der Waals surface area (Å²) in [6.07, 6.45) is 0.666. The Bertz CT molecular complexity index is 539. The fourth-order valence-corrected chi connectivity index (χ4v) is 3.13. The van der Waals surface area contributed by atoms with Crippen molar-refractivity contribution in [1.82, 2.24) is 9.80 Å². The van der Waals surface area contributed by atoms with Gasteiger partial charge in [-0.2, -0.15) is 0 Å². The zero-order valence-electron chi connectivity index (χ0n) is 14.9. The second-order valence-electron chi connectivity index (χ2n) is 6.29. The Morgan fingerprint density at radius 3 is 2.17 bits per heavy atom. The van der Waals surface area contributed by atoms with Crippen LogP contribution in [0.4, 0.5) is 4.79 Å². The van der Waals surface area contributed by atoms with Gasteiger partial charge in [-0.25, -0.2) is 4.79 Å². The highest BCUT2D eigenvalue weighted by molar-refractivity contribution is 5.84. The van der Waals surface area contributed by atoms with Gasteiger partial charge in [0.1, 0.15) is 0 Å². The van der Waals surface area contributed by atoms with Crippen molar-refractivity contribution in [3.63, 3.8) is 0 Å². The monoisotopic (exact) mass is 332 g/mol. The van der Waals surface area contributed by atoms with E-state index in [2.05, 4.69) is 13.8 Å². The molecule has 5 heteroatoms. The van der Waals surface area contributed by atoms with E-state index in [0.717, 1.165) is 12.0 Å². The molecular weight excluding hydrogens is 304 g/mol. The molecule has 0 aromatic heterocycles. The Kier molecular flexibility index (Phi) is 6.64. The van der Waals surface area contributed by atoms with Gasteiger partial charge in [-0.15, -0.1) is 0 Å². The van der Waals surface area contributed by atoms with Crippen molar-refractivity contribution in [1.29, 1.82) is 0 Å². The van der Waals surface area contributed by atoms with Crippen LogP contribution in [0.1, 0.15) is 38.7 Å². The smallest absolute Gasteiger partial charge is 0.409 e. The molecule has 132 valence electrons. The van der Waals surface area contributed by atoms with Crippen LogP contribution in [-0.4, -0.2) is 54.6 Å². The van der Waals surface area contributed by atoms with Crippen molar-refractivity contribution in [3.8, 4) is 0 Å². The van der Waals surface area contributed by atoms with Crippen LogP contribution in [0.2, 0.25) is 0 Å². The molecule has 1 heterocycles. The molecule has 0 saturated carbocycles. The maximum atomic E-state index is 13.1. The minimum Gasteiger partial charge on any atom is -0.450 e. The largest absolute Gasteiger partial charge is 0.450 e. The first kappa shape index (κ1) is 18.3. The lowest BCUT2D eigenvalue weighted by molar-refractivity contribution is -0.135. The summed E-state index contributed by atoms with van der Waals surface area (Å²) in [6.45, 7) is 8.63. The molecule has 1 aromatic rings. The molecule has 2 amide bonds. The summed E-state index contributed by atoms with van der Waals surface area (Å²) >= 11 is 0. The zero-order valence-corrected chi connectivity index (χ0v) is 14.9. The number of hydrogen-bond donors (Lipinski definition) is 0. The van der Waals surface area contributed by atoms with Gasteiger partial charge in [-0.1, -0.05) is 50.6 Å². The van der Waals surface area contributed by atoms with E-state index in [1.165, 1.54) is 0 Å². The molecule has 2 unspecified atom stereocenters. The van der Waals surface area contributed by atoms with Crippen molar-refractivity contribution in [2.75, 3.05) is 32.8 Å². The Balaban J connectivity index is 2.05. The van der Waals surface area contributed by atoms with Gasteiger partial charge in [0.15, 0.2) is 0 Å². The Morgan fingerprint density at radius 2 is 1.62 bits per heavy atom. The third-order valence-electron chi connectivity index (χ3n) is 4.76. The van der Waals surface area contributed by atoms with Crippen molar-refractivity contribution in [2.24, 2.45) is 5.92 Å². The van der Waals surface area contributed by atoms with E-state index in [1.54, 1.807) is 11.8 Å². The van der Waals surface area contributed by atoms with E-state index in [1.807, 2.05) is 35.2 Å². The van der Waals surface area contributed by atoms with Crippen LogP contribution in [0.15, 0.2) is 30.3 Å². The van der Waals surface area contributed by atoms with Crippen LogP contribution in [-0.2, 0) is 9.53 Å². The molecular formula is C19H28N2O3. The Morgan fingerprint density at radius 1 is 1.04 bits per heavy atom. The van der Waals surface area contributed by atoms with E-state index >= 15 is 0 Å². The van der Waals surface area contributed by atoms with Crippen LogP contribution in [0.25, 0.3) is 0 Å². The molecule has 1 fully saturated rings. The predicted molar refractivity (Wildman–Crippen MR) is 93.8 cm³/mol. The van der Waals surface area contributed by atoms with Crippen molar-refractivity contribution in [3.05, 3.63) is 35.9 Å². The van der Waals surface area contributed by atoms with Gasteiger partial charge >= 0.3 is 6.09 Å². The molecule has 1 saturated heterocycles. The second-order valence-corrected chi connectivity index (χ2v) is 6.29. The Labute approximate surface area is 144 Å². The number of piperazine rings is 1. The molecule has 0 radical (unpaired) electrons. The van der Waals surface area contributed by atoms with Gasteiger partial charge < -0.3 is 14.5 Å². The molecule has 24 heavy (non-hydrogen) atoms. The van der Waals surface area contributed by atoms with E-state index in [9.17, 15) is 9.59 Å². The van der Waals surface area contributed by atoms with Gasteiger partial charge in [-0.05, 0) is 18.4 Å². The quantitative estimate of drug-likeness (QED) is 0.832. The maximum Gasteiger partial charge on any atom is 0.409 e. The third-order valence-corrected chi connectivity index (χ3v) is 4.76. The van der Waals surface area contributed by atoms with Gasteiger partial charge in [0, 0.05) is 26.2 Å². The first-order valence-electron chi connectivity index (χ1n) is 8.83. The highest BCUT2D eigenvalue weighted by Crippen LogP contribution is 2.29. The fourth-order valence-electron chi connectivity index (χ4n) is 3.13. The number of hydrogen-bond acceptors (Lipinski definition) is 3. The number of rotatable bonds is 5. The summed E-state index contributed by atoms with van der Waals surface area (Å²) in [7, 11) is 0. The molecule has 5 nitrogen and oxygen atoms in total. The lowest BCUT2D eigenvalue weighted by Gasteiger charge is -2.37. The van der Waals surface area contributed by atoms with Crippen molar-refractivity contribution >= 4 is 12.0 Å². The topological polar surface area (TPSA) is 49.9 Å². The summed E-state index contributed by atoms with van der Waals surface area (Å²) in [4.78, 5) is 28.4. The average molecular weight is 332 g/mol. The summed E-state index contributed by atoms with van der Waals surface area (Å²) in [5.74, 6) is 0.326. The molecule has 1 aliphatic heterocycles. The molecule has 0 bridgehead atoms. The highest BCUT2D eigenvalue weighted by atomic mass is 16.6. The summed E-state index contributed by atoms with van der Waals surface area (Å²) in [5.41, 5.74) is 1.07. The van der Waals surface area contributed by atoms with E-state index < -0.39 is 0 Å². The lowest BCUT2D eigenvalue weighted by Crippen LogP contribution is -2.52. The van der Waals surface area contributed by atoms with Crippen molar-refractivity contribution in [2.45, 2.75) is 33.1 Å². The average Bonchev–Trinajstić information content (AvgIpc) is 2.63. The van der Waals surface area contributed by atoms with Crippen molar-refractivity contribution < 1.29 is 14.3 Å². The van der Waals surface area contributed by atoms with Gasteiger partial charge in [-0.3, -0.25) is 4.79 Å². The fraction of sp³-hybridized carbons (Fsp3) is 0.579. The van der Waals surface area contributed by atoms with Crippen LogP contribution in [0.5, 0.6) is 0 Å². The minimum atomic E-state index is -0.286. The maximum absolute atomic E-state index is 13.1. The number of benzene rings is 1. The summed E-state index contributed by atoms with van der Waals surface area (Å²) in [6, 6.07) is 10.0. The summed E-state index contributed by atoms with van der Waals surface area (Å²) in [5, 5.41) is 0. The van der Waals surface area contributed by atoms with E-state index in [0.29, 0.717) is 32.8 Å². The standard InChI is InChI=1S/C19H28N2O3/c1-4-15(3)17(16-9-7-6-8-10-16)18(22)20-11-13-21(14-12-20)19(23)24-5-2/h6-10,15,17H,4-5,11-14H2,1-3H3. The lowest BCUT2D eigenvalue weighted by atomic mass is 9.84. The molecule has 2 rings (SSSR count). The normalized spacial score (nSPS) is 17.3. The number of carbonyl (C=O) groups is 2. The number of ether oxygens (including phenoxy) is 1. The molecule has 2 atom stereocenters. The number of carbonyl (C=O) groups excluding carboxylic acids is 2.